The molecule has 6 nitrogen and oxygen atoms in total. The maximum absolute atomic E-state index is 12.3. The first-order valence-electron chi connectivity index (χ1n) is 6.19. The fraction of sp³-hybridized carbons (Fsp3) is 0.308. The number of aromatic nitrogens is 2. The summed E-state index contributed by atoms with van der Waals surface area (Å²) in [6, 6.07) is 5.36. The molecule has 0 saturated carbocycles. The zero-order valence-corrected chi connectivity index (χ0v) is 13.1. The number of benzene rings is 1. The minimum absolute atomic E-state index is 0. The Balaban J connectivity index is 0.00000220. The second kappa shape index (κ2) is 7.33. The van der Waals surface area contributed by atoms with Crippen molar-refractivity contribution < 1.29 is 0 Å². The predicted molar refractivity (Wildman–Crippen MR) is 89.8 cm³/mol. The van der Waals surface area contributed by atoms with E-state index in [2.05, 4.69) is 4.98 Å². The summed E-state index contributed by atoms with van der Waals surface area (Å²) in [7, 11) is 0. The number of hydrogen-bond donors (Lipinski definition) is 3. The first kappa shape index (κ1) is 17.3. The molecule has 8 heteroatoms. The zero-order valence-electron chi connectivity index (χ0n) is 11.5. The van der Waals surface area contributed by atoms with E-state index in [1.54, 1.807) is 12.1 Å². The Morgan fingerprint density at radius 1 is 1.43 bits per heavy atom. The van der Waals surface area contributed by atoms with Crippen LogP contribution >= 0.6 is 24.2 Å². The molecular formula is C13H17ClN4O2S. The number of fused-ring (bicyclic) bond motifs is 1. The van der Waals surface area contributed by atoms with Crippen LogP contribution in [0.4, 0.5) is 0 Å². The van der Waals surface area contributed by atoms with E-state index in [1.165, 1.54) is 16.3 Å². The van der Waals surface area contributed by atoms with E-state index in [1.807, 2.05) is 13.0 Å². The largest absolute Gasteiger partial charge is 0.379 e. The number of H-pyrrole nitrogens is 1. The number of amidine groups is 1. The fourth-order valence-corrected chi connectivity index (χ4v) is 2.47. The Labute approximate surface area is 131 Å². The number of rotatable bonds is 4. The van der Waals surface area contributed by atoms with Gasteiger partial charge >= 0.3 is 5.69 Å². The van der Waals surface area contributed by atoms with Gasteiger partial charge in [0.15, 0.2) is 5.17 Å². The Morgan fingerprint density at radius 2 is 2.14 bits per heavy atom. The third kappa shape index (κ3) is 4.12. The van der Waals surface area contributed by atoms with Crippen molar-refractivity contribution in [3.05, 3.63) is 44.6 Å². The molecule has 0 saturated heterocycles. The van der Waals surface area contributed by atoms with Crippen molar-refractivity contribution in [2.45, 2.75) is 19.9 Å². The van der Waals surface area contributed by atoms with Gasteiger partial charge in [0.25, 0.3) is 5.56 Å². The average Bonchev–Trinajstić information content (AvgIpc) is 2.38. The molecule has 114 valence electrons. The molecule has 0 atom stereocenters. The Morgan fingerprint density at radius 3 is 2.81 bits per heavy atom. The van der Waals surface area contributed by atoms with Gasteiger partial charge in [0.1, 0.15) is 0 Å². The van der Waals surface area contributed by atoms with Gasteiger partial charge in [0.05, 0.1) is 10.9 Å². The highest BCUT2D eigenvalue weighted by Gasteiger charge is 2.07. The minimum Gasteiger partial charge on any atom is -0.379 e. The molecule has 0 aliphatic rings. The highest BCUT2D eigenvalue weighted by molar-refractivity contribution is 8.13. The second-order valence-electron chi connectivity index (χ2n) is 4.50. The molecule has 1 aromatic carbocycles. The SMILES string of the molecule is Cc1ccc2[nH]c(=O)n(CCCSC(=N)N)c(=O)c2c1.Cl. The van der Waals surface area contributed by atoms with Crippen molar-refractivity contribution in [3.8, 4) is 0 Å². The second-order valence-corrected chi connectivity index (χ2v) is 5.64. The molecular weight excluding hydrogens is 312 g/mol. The fourth-order valence-electron chi connectivity index (χ4n) is 1.97. The molecule has 0 unspecified atom stereocenters. The molecule has 0 aliphatic carbocycles. The summed E-state index contributed by atoms with van der Waals surface area (Å²) < 4.78 is 1.20. The summed E-state index contributed by atoms with van der Waals surface area (Å²) in [6.45, 7) is 2.22. The van der Waals surface area contributed by atoms with E-state index in [0.29, 0.717) is 29.6 Å². The smallest absolute Gasteiger partial charge is 0.328 e. The van der Waals surface area contributed by atoms with Crippen LogP contribution in [0.2, 0.25) is 0 Å². The number of aryl methyl sites for hydroxylation is 1. The number of halogens is 1. The van der Waals surface area contributed by atoms with Crippen LogP contribution in [0.3, 0.4) is 0 Å². The van der Waals surface area contributed by atoms with Crippen LogP contribution in [-0.4, -0.2) is 20.5 Å². The van der Waals surface area contributed by atoms with Crippen LogP contribution < -0.4 is 17.0 Å². The Kier molecular flexibility index (Phi) is 6.04. The normalized spacial score (nSPS) is 10.3. The van der Waals surface area contributed by atoms with E-state index in [9.17, 15) is 9.59 Å². The van der Waals surface area contributed by atoms with Gasteiger partial charge in [-0.05, 0) is 25.5 Å². The van der Waals surface area contributed by atoms with Gasteiger partial charge in [-0.3, -0.25) is 14.8 Å². The van der Waals surface area contributed by atoms with Gasteiger partial charge in [-0.1, -0.05) is 23.4 Å². The van der Waals surface area contributed by atoms with Crippen molar-refractivity contribution >= 4 is 40.2 Å². The highest BCUT2D eigenvalue weighted by atomic mass is 35.5. The summed E-state index contributed by atoms with van der Waals surface area (Å²) in [5, 5.41) is 7.66. The molecule has 0 bridgehead atoms. The van der Waals surface area contributed by atoms with Crippen molar-refractivity contribution in [1.82, 2.24) is 9.55 Å². The van der Waals surface area contributed by atoms with Crippen molar-refractivity contribution in [2.75, 3.05) is 5.75 Å². The molecule has 0 radical (unpaired) electrons. The lowest BCUT2D eigenvalue weighted by Gasteiger charge is -2.06. The lowest BCUT2D eigenvalue weighted by Crippen LogP contribution is -2.35. The third-order valence-corrected chi connectivity index (χ3v) is 3.72. The lowest BCUT2D eigenvalue weighted by atomic mass is 10.2. The van der Waals surface area contributed by atoms with Gasteiger partial charge in [0, 0.05) is 12.3 Å². The van der Waals surface area contributed by atoms with Gasteiger partial charge in [-0.25, -0.2) is 4.79 Å². The van der Waals surface area contributed by atoms with E-state index in [4.69, 9.17) is 11.1 Å². The van der Waals surface area contributed by atoms with Crippen LogP contribution in [0.25, 0.3) is 10.9 Å². The Bertz CT molecular complexity index is 769. The van der Waals surface area contributed by atoms with Crippen molar-refractivity contribution in [2.24, 2.45) is 5.73 Å². The van der Waals surface area contributed by atoms with Gasteiger partial charge in [-0.15, -0.1) is 12.4 Å². The maximum atomic E-state index is 12.3. The molecule has 0 fully saturated rings. The lowest BCUT2D eigenvalue weighted by molar-refractivity contribution is 0.627. The Hall–Kier alpha value is -1.73. The molecule has 0 spiro atoms. The summed E-state index contributed by atoms with van der Waals surface area (Å²) >= 11 is 1.20. The van der Waals surface area contributed by atoms with Crippen LogP contribution in [-0.2, 0) is 6.54 Å². The monoisotopic (exact) mass is 328 g/mol. The van der Waals surface area contributed by atoms with Crippen LogP contribution in [0, 0.1) is 12.3 Å². The molecule has 0 aliphatic heterocycles. The van der Waals surface area contributed by atoms with Gasteiger partial charge < -0.3 is 10.7 Å². The quantitative estimate of drug-likeness (QED) is 0.448. The van der Waals surface area contributed by atoms with E-state index in [-0.39, 0.29) is 23.1 Å². The van der Waals surface area contributed by atoms with Crippen LogP contribution in [0.15, 0.2) is 27.8 Å². The van der Waals surface area contributed by atoms with Crippen molar-refractivity contribution in [3.63, 3.8) is 0 Å². The van der Waals surface area contributed by atoms with E-state index < -0.39 is 5.69 Å². The minimum atomic E-state index is -0.404. The molecule has 0 amide bonds. The number of nitrogens with one attached hydrogen (secondary N) is 2. The van der Waals surface area contributed by atoms with Crippen LogP contribution in [0.1, 0.15) is 12.0 Å². The number of nitrogens with two attached hydrogens (primary N) is 1. The topological polar surface area (TPSA) is 105 Å². The highest BCUT2D eigenvalue weighted by Crippen LogP contribution is 2.08. The number of thioether (sulfide) groups is 1. The molecule has 1 aromatic heterocycles. The third-order valence-electron chi connectivity index (χ3n) is 2.92. The first-order valence-corrected chi connectivity index (χ1v) is 7.18. The predicted octanol–water partition coefficient (Wildman–Crippen LogP) is 1.44. The van der Waals surface area contributed by atoms with Gasteiger partial charge in [-0.2, -0.15) is 0 Å². The number of hydrogen-bond acceptors (Lipinski definition) is 4. The molecule has 2 aromatic rings. The summed E-state index contributed by atoms with van der Waals surface area (Å²) in [5.74, 6) is 0.604. The molecule has 2 rings (SSSR count). The summed E-state index contributed by atoms with van der Waals surface area (Å²) in [5.41, 5.74) is 6.08. The average molecular weight is 329 g/mol. The summed E-state index contributed by atoms with van der Waals surface area (Å²) in [4.78, 5) is 26.9. The van der Waals surface area contributed by atoms with Crippen LogP contribution in [0.5, 0.6) is 0 Å². The van der Waals surface area contributed by atoms with Crippen molar-refractivity contribution in [1.29, 1.82) is 5.41 Å². The van der Waals surface area contributed by atoms with E-state index >= 15 is 0 Å². The van der Waals surface area contributed by atoms with E-state index in [0.717, 1.165) is 5.56 Å². The van der Waals surface area contributed by atoms with Gasteiger partial charge in [0.2, 0.25) is 0 Å². The maximum Gasteiger partial charge on any atom is 0.328 e. The molecule has 21 heavy (non-hydrogen) atoms. The molecule has 1 heterocycles. The number of nitrogens with zero attached hydrogens (tertiary/aromatic N) is 1. The number of aromatic amines is 1. The summed E-state index contributed by atoms with van der Waals surface area (Å²) in [6.07, 6.45) is 0.602. The first-order chi connectivity index (χ1) is 9.49. The zero-order chi connectivity index (χ0) is 14.7. The standard InChI is InChI=1S/C13H16N4O2S.ClH/c1-8-3-4-10-9(7-8)11(18)17(13(19)16-10)5-2-6-20-12(14)15;/h3-4,7H,2,5-6H2,1H3,(H3,14,15)(H,16,19);1H. The molecule has 4 N–H and O–H groups in total.